The van der Waals surface area contributed by atoms with Crippen LogP contribution in [0.15, 0.2) is 11.3 Å². The Morgan fingerprint density at radius 2 is 1.89 bits per heavy atom. The number of rotatable bonds is 2. The second-order valence-electron chi connectivity index (χ2n) is 3.64. The van der Waals surface area contributed by atoms with Gasteiger partial charge in [-0.15, -0.1) is 0 Å². The Morgan fingerprint density at radius 3 is 2.28 bits per heavy atom. The lowest BCUT2D eigenvalue weighted by Crippen LogP contribution is -2.50. The van der Waals surface area contributed by atoms with Gasteiger partial charge in [0.05, 0.1) is 0 Å². The molecule has 0 aromatic carbocycles. The number of nitriles is 1. The van der Waals surface area contributed by atoms with Crippen LogP contribution in [-0.2, 0) is 4.79 Å². The van der Waals surface area contributed by atoms with E-state index in [2.05, 4.69) is 0 Å². The highest BCUT2D eigenvalue weighted by Crippen LogP contribution is 2.26. The number of amides is 1. The smallest absolute Gasteiger partial charge is 0.450 e. The first kappa shape index (κ1) is 14.3. The van der Waals surface area contributed by atoms with E-state index in [4.69, 9.17) is 16.2 Å². The number of aliphatic hydroxyl groups is 1. The number of allylic oxidation sites excluding steroid dienone is 1. The summed E-state index contributed by atoms with van der Waals surface area (Å²) < 4.78 is 36.6. The molecule has 1 rings (SSSR count). The van der Waals surface area contributed by atoms with E-state index in [1.165, 1.54) is 5.01 Å². The Morgan fingerprint density at radius 1 is 1.39 bits per heavy atom. The van der Waals surface area contributed by atoms with Crippen LogP contribution >= 0.6 is 0 Å². The Kier molecular flexibility index (Phi) is 4.15. The SMILES string of the molecule is N#CC(C(=O)N(N)N1CCCC1)=C(O)C(F)(F)F. The molecule has 0 spiro atoms. The fourth-order valence-corrected chi connectivity index (χ4v) is 1.50. The minimum absolute atomic E-state index is 0.410. The van der Waals surface area contributed by atoms with Gasteiger partial charge in [-0.3, -0.25) is 4.79 Å². The minimum Gasteiger partial charge on any atom is -0.503 e. The van der Waals surface area contributed by atoms with Crippen molar-refractivity contribution in [3.8, 4) is 6.07 Å². The summed E-state index contributed by atoms with van der Waals surface area (Å²) in [4.78, 5) is 11.6. The Balaban J connectivity index is 2.96. The molecule has 1 heterocycles. The maximum absolute atomic E-state index is 12.2. The number of nitrogens with two attached hydrogens (primary N) is 1. The quantitative estimate of drug-likeness (QED) is 0.190. The first-order valence-electron chi connectivity index (χ1n) is 5.03. The van der Waals surface area contributed by atoms with Gasteiger partial charge in [0, 0.05) is 13.1 Å². The van der Waals surface area contributed by atoms with Crippen molar-refractivity contribution >= 4 is 5.91 Å². The molecular weight excluding hydrogens is 253 g/mol. The number of halogens is 3. The van der Waals surface area contributed by atoms with Crippen LogP contribution in [0.2, 0.25) is 0 Å². The molecule has 0 aliphatic carbocycles. The Bertz CT molecular complexity index is 407. The van der Waals surface area contributed by atoms with Crippen LogP contribution in [0.3, 0.4) is 0 Å². The monoisotopic (exact) mass is 264 g/mol. The van der Waals surface area contributed by atoms with E-state index >= 15 is 0 Å². The Hall–Kier alpha value is -1.79. The van der Waals surface area contributed by atoms with Gasteiger partial charge in [-0.05, 0) is 12.8 Å². The van der Waals surface area contributed by atoms with E-state index < -0.39 is 23.4 Å². The second kappa shape index (κ2) is 5.24. The van der Waals surface area contributed by atoms with E-state index in [0.29, 0.717) is 18.2 Å². The summed E-state index contributed by atoms with van der Waals surface area (Å²) in [5.41, 5.74) is -1.42. The van der Waals surface area contributed by atoms with Gasteiger partial charge in [0.15, 0.2) is 5.57 Å². The number of alkyl halides is 3. The molecule has 0 aromatic rings. The molecule has 0 bridgehead atoms. The van der Waals surface area contributed by atoms with Gasteiger partial charge in [-0.1, -0.05) is 0 Å². The number of aliphatic hydroxyl groups excluding tert-OH is 1. The number of hydrogen-bond donors (Lipinski definition) is 2. The van der Waals surface area contributed by atoms with E-state index in [1.807, 2.05) is 0 Å². The van der Waals surface area contributed by atoms with Crippen LogP contribution < -0.4 is 5.84 Å². The molecule has 0 atom stereocenters. The minimum atomic E-state index is -5.16. The van der Waals surface area contributed by atoms with Crippen molar-refractivity contribution < 1.29 is 23.1 Å². The summed E-state index contributed by atoms with van der Waals surface area (Å²) >= 11 is 0. The molecule has 6 nitrogen and oxygen atoms in total. The molecule has 3 N–H and O–H groups in total. The van der Waals surface area contributed by atoms with Crippen molar-refractivity contribution in [2.75, 3.05) is 13.1 Å². The van der Waals surface area contributed by atoms with Crippen molar-refractivity contribution in [2.24, 2.45) is 5.84 Å². The molecule has 1 fully saturated rings. The van der Waals surface area contributed by atoms with Gasteiger partial charge >= 0.3 is 6.18 Å². The second-order valence-corrected chi connectivity index (χ2v) is 3.64. The summed E-state index contributed by atoms with van der Waals surface area (Å²) in [6.07, 6.45) is -3.66. The molecule has 1 aliphatic rings. The van der Waals surface area contributed by atoms with Crippen molar-refractivity contribution in [2.45, 2.75) is 19.0 Å². The third-order valence-corrected chi connectivity index (χ3v) is 2.43. The molecule has 1 saturated heterocycles. The zero-order chi connectivity index (χ0) is 13.9. The van der Waals surface area contributed by atoms with E-state index in [-0.39, 0.29) is 0 Å². The van der Waals surface area contributed by atoms with Crippen molar-refractivity contribution in [3.05, 3.63) is 11.3 Å². The van der Waals surface area contributed by atoms with Crippen LogP contribution in [0.25, 0.3) is 0 Å². The number of carbonyl (C=O) groups excluding carboxylic acids is 1. The van der Waals surface area contributed by atoms with Crippen LogP contribution in [0, 0.1) is 11.3 Å². The maximum atomic E-state index is 12.2. The fourth-order valence-electron chi connectivity index (χ4n) is 1.50. The molecule has 18 heavy (non-hydrogen) atoms. The molecule has 0 saturated carbocycles. The molecule has 0 radical (unpaired) electrons. The predicted octanol–water partition coefficient (Wildman–Crippen LogP) is 0.597. The fraction of sp³-hybridized carbons (Fsp3) is 0.556. The summed E-state index contributed by atoms with van der Waals surface area (Å²) in [5.74, 6) is 1.71. The lowest BCUT2D eigenvalue weighted by Gasteiger charge is -2.26. The first-order chi connectivity index (χ1) is 8.29. The molecule has 100 valence electrons. The van der Waals surface area contributed by atoms with Crippen LogP contribution in [0.1, 0.15) is 12.8 Å². The number of nitrogens with zero attached hydrogens (tertiary/aromatic N) is 3. The molecule has 1 aliphatic heterocycles. The van der Waals surface area contributed by atoms with Crippen LogP contribution in [0.4, 0.5) is 13.2 Å². The van der Waals surface area contributed by atoms with Gasteiger partial charge in [0.1, 0.15) is 6.07 Å². The van der Waals surface area contributed by atoms with Crippen molar-refractivity contribution in [1.29, 1.82) is 5.26 Å². The Labute approximate surface area is 101 Å². The molecule has 9 heteroatoms. The first-order valence-corrected chi connectivity index (χ1v) is 5.03. The highest BCUT2D eigenvalue weighted by atomic mass is 19.4. The third kappa shape index (κ3) is 2.91. The van der Waals surface area contributed by atoms with Gasteiger partial charge in [0.25, 0.3) is 5.91 Å². The summed E-state index contributed by atoms with van der Waals surface area (Å²) in [7, 11) is 0. The van der Waals surface area contributed by atoms with Crippen LogP contribution in [-0.4, -0.2) is 40.4 Å². The topological polar surface area (TPSA) is 93.6 Å². The lowest BCUT2D eigenvalue weighted by molar-refractivity contribution is -0.146. The van der Waals surface area contributed by atoms with Gasteiger partial charge in [0.2, 0.25) is 5.76 Å². The van der Waals surface area contributed by atoms with Crippen molar-refractivity contribution in [3.63, 3.8) is 0 Å². The van der Waals surface area contributed by atoms with Gasteiger partial charge < -0.3 is 5.11 Å². The average Bonchev–Trinajstić information content (AvgIpc) is 2.80. The highest BCUT2D eigenvalue weighted by molar-refractivity contribution is 5.97. The molecule has 0 unspecified atom stereocenters. The molecular formula is C9H11F3N4O2. The zero-order valence-electron chi connectivity index (χ0n) is 9.24. The third-order valence-electron chi connectivity index (χ3n) is 2.43. The zero-order valence-corrected chi connectivity index (χ0v) is 9.24. The summed E-state index contributed by atoms with van der Waals surface area (Å²) in [6.45, 7) is 0.821. The number of hydrogen-bond acceptors (Lipinski definition) is 5. The predicted molar refractivity (Wildman–Crippen MR) is 53.2 cm³/mol. The lowest BCUT2D eigenvalue weighted by atomic mass is 10.2. The van der Waals surface area contributed by atoms with E-state index in [9.17, 15) is 18.0 Å². The van der Waals surface area contributed by atoms with Gasteiger partial charge in [-0.25, -0.2) is 16.0 Å². The summed E-state index contributed by atoms with van der Waals surface area (Å²) in [5, 5.41) is 19.1. The van der Waals surface area contributed by atoms with Gasteiger partial charge in [-0.2, -0.15) is 18.4 Å². The van der Waals surface area contributed by atoms with Crippen molar-refractivity contribution in [1.82, 2.24) is 10.1 Å². The highest BCUT2D eigenvalue weighted by Gasteiger charge is 2.40. The maximum Gasteiger partial charge on any atom is 0.450 e. The molecule has 0 aromatic heterocycles. The number of hydrazine groups is 2. The van der Waals surface area contributed by atoms with E-state index in [0.717, 1.165) is 18.9 Å². The largest absolute Gasteiger partial charge is 0.503 e. The standard InChI is InChI=1S/C9H11F3N4O2/c10-9(11,12)7(17)6(5-13)8(18)16(14)15-3-1-2-4-15/h17H,1-4,14H2. The van der Waals surface area contributed by atoms with Crippen LogP contribution in [0.5, 0.6) is 0 Å². The normalized spacial score (nSPS) is 18.2. The molecule has 1 amide bonds. The van der Waals surface area contributed by atoms with E-state index in [1.54, 1.807) is 0 Å². The summed E-state index contributed by atoms with van der Waals surface area (Å²) in [6, 6.07) is 1.02. The number of carbonyl (C=O) groups is 1. The average molecular weight is 264 g/mol.